The monoisotopic (exact) mass is 188 g/mol. The molecule has 0 amide bonds. The standard InChI is InChI=1S/C13H16O/c1-5-13(3,6-2)11-9-7-8-10-12(11)14-4/h1,7-10H,6H2,2-4H3. The smallest absolute Gasteiger partial charge is 0.123 e. The predicted octanol–water partition coefficient (Wildman–Crippen LogP) is 3.00. The molecule has 0 N–H and O–H groups in total. The molecule has 1 rings (SSSR count). The number of methoxy groups -OCH3 is 1. The zero-order valence-electron chi connectivity index (χ0n) is 9.00. The Morgan fingerprint density at radius 3 is 2.57 bits per heavy atom. The quantitative estimate of drug-likeness (QED) is 0.662. The van der Waals surface area contributed by atoms with Crippen molar-refractivity contribution in [3.8, 4) is 18.1 Å². The van der Waals surface area contributed by atoms with E-state index in [-0.39, 0.29) is 5.41 Å². The largest absolute Gasteiger partial charge is 0.496 e. The molecule has 0 aliphatic heterocycles. The Morgan fingerprint density at radius 2 is 2.07 bits per heavy atom. The molecule has 0 aliphatic rings. The van der Waals surface area contributed by atoms with Gasteiger partial charge < -0.3 is 4.74 Å². The van der Waals surface area contributed by atoms with Gasteiger partial charge in [-0.2, -0.15) is 0 Å². The van der Waals surface area contributed by atoms with Crippen LogP contribution in [0.2, 0.25) is 0 Å². The first-order valence-corrected chi connectivity index (χ1v) is 4.79. The van der Waals surface area contributed by atoms with Crippen LogP contribution < -0.4 is 4.74 Å². The summed E-state index contributed by atoms with van der Waals surface area (Å²) >= 11 is 0. The lowest BCUT2D eigenvalue weighted by atomic mass is 9.80. The Labute approximate surface area is 86.1 Å². The van der Waals surface area contributed by atoms with Gasteiger partial charge in [-0.15, -0.1) is 6.42 Å². The van der Waals surface area contributed by atoms with Crippen molar-refractivity contribution in [3.05, 3.63) is 29.8 Å². The molecule has 0 saturated heterocycles. The molecule has 0 radical (unpaired) electrons. The van der Waals surface area contributed by atoms with Crippen molar-refractivity contribution in [1.82, 2.24) is 0 Å². The van der Waals surface area contributed by atoms with E-state index in [9.17, 15) is 0 Å². The molecule has 0 saturated carbocycles. The molecule has 1 unspecified atom stereocenters. The third-order valence-electron chi connectivity index (χ3n) is 2.73. The number of hydrogen-bond donors (Lipinski definition) is 0. The number of hydrogen-bond acceptors (Lipinski definition) is 1. The Morgan fingerprint density at radius 1 is 1.43 bits per heavy atom. The second-order valence-electron chi connectivity index (χ2n) is 3.53. The highest BCUT2D eigenvalue weighted by Crippen LogP contribution is 2.33. The lowest BCUT2D eigenvalue weighted by molar-refractivity contribution is 0.399. The number of para-hydroxylation sites is 1. The van der Waals surface area contributed by atoms with Gasteiger partial charge in [0.15, 0.2) is 0 Å². The normalized spacial score (nSPS) is 14.1. The average Bonchev–Trinajstić information content (AvgIpc) is 2.28. The summed E-state index contributed by atoms with van der Waals surface area (Å²) in [5.41, 5.74) is 0.861. The molecule has 1 atom stereocenters. The van der Waals surface area contributed by atoms with Crippen LogP contribution in [0.15, 0.2) is 24.3 Å². The highest BCUT2D eigenvalue weighted by Gasteiger charge is 2.24. The Kier molecular flexibility index (Phi) is 3.19. The van der Waals surface area contributed by atoms with E-state index >= 15 is 0 Å². The van der Waals surface area contributed by atoms with Crippen LogP contribution in [0, 0.1) is 12.3 Å². The SMILES string of the molecule is C#CC(C)(CC)c1ccccc1OC. The summed E-state index contributed by atoms with van der Waals surface area (Å²) in [6, 6.07) is 7.92. The molecule has 0 fully saturated rings. The van der Waals surface area contributed by atoms with Crippen LogP contribution in [0.5, 0.6) is 5.75 Å². The van der Waals surface area contributed by atoms with Gasteiger partial charge >= 0.3 is 0 Å². The first-order chi connectivity index (χ1) is 6.68. The van der Waals surface area contributed by atoms with Crippen LogP contribution in [-0.2, 0) is 5.41 Å². The van der Waals surface area contributed by atoms with Crippen molar-refractivity contribution in [2.75, 3.05) is 7.11 Å². The van der Waals surface area contributed by atoms with Gasteiger partial charge in [0, 0.05) is 5.56 Å². The highest BCUT2D eigenvalue weighted by molar-refractivity contribution is 5.43. The van der Waals surface area contributed by atoms with E-state index in [0.29, 0.717) is 0 Å². The van der Waals surface area contributed by atoms with Crippen molar-refractivity contribution in [3.63, 3.8) is 0 Å². The lowest BCUT2D eigenvalue weighted by Gasteiger charge is -2.24. The minimum Gasteiger partial charge on any atom is -0.496 e. The van der Waals surface area contributed by atoms with Gasteiger partial charge in [0.1, 0.15) is 5.75 Å². The van der Waals surface area contributed by atoms with Gasteiger partial charge in [-0.25, -0.2) is 0 Å². The highest BCUT2D eigenvalue weighted by atomic mass is 16.5. The maximum Gasteiger partial charge on any atom is 0.123 e. The lowest BCUT2D eigenvalue weighted by Crippen LogP contribution is -2.18. The third-order valence-corrected chi connectivity index (χ3v) is 2.73. The minimum absolute atomic E-state index is 0.230. The fourth-order valence-electron chi connectivity index (χ4n) is 1.47. The number of benzene rings is 1. The van der Waals surface area contributed by atoms with Gasteiger partial charge in [-0.3, -0.25) is 0 Å². The Bertz CT molecular complexity index is 348. The van der Waals surface area contributed by atoms with Crippen molar-refractivity contribution >= 4 is 0 Å². The van der Waals surface area contributed by atoms with E-state index in [1.54, 1.807) is 7.11 Å². The zero-order valence-corrected chi connectivity index (χ0v) is 9.00. The molecule has 74 valence electrons. The maximum absolute atomic E-state index is 5.57. The number of terminal acetylenes is 1. The van der Waals surface area contributed by atoms with Crippen LogP contribution >= 0.6 is 0 Å². The maximum atomic E-state index is 5.57. The van der Waals surface area contributed by atoms with Gasteiger partial charge in [-0.05, 0) is 19.4 Å². The van der Waals surface area contributed by atoms with E-state index in [1.807, 2.05) is 24.3 Å². The Hall–Kier alpha value is -1.42. The van der Waals surface area contributed by atoms with Gasteiger partial charge in [-0.1, -0.05) is 31.0 Å². The zero-order chi connectivity index (χ0) is 10.6. The molecule has 1 heteroatoms. The average molecular weight is 188 g/mol. The molecule has 0 spiro atoms. The summed E-state index contributed by atoms with van der Waals surface area (Å²) in [6.45, 7) is 4.15. The number of rotatable bonds is 3. The molecule has 14 heavy (non-hydrogen) atoms. The van der Waals surface area contributed by atoms with E-state index < -0.39 is 0 Å². The molecule has 0 bridgehead atoms. The van der Waals surface area contributed by atoms with Crippen LogP contribution in [0.4, 0.5) is 0 Å². The molecular formula is C13H16O. The summed E-state index contributed by atoms with van der Waals surface area (Å²) < 4.78 is 5.30. The Balaban J connectivity index is 3.24. The van der Waals surface area contributed by atoms with Crippen molar-refractivity contribution in [2.24, 2.45) is 0 Å². The fraction of sp³-hybridized carbons (Fsp3) is 0.385. The molecule has 1 aromatic carbocycles. The molecule has 0 aliphatic carbocycles. The molecule has 1 aromatic rings. The van der Waals surface area contributed by atoms with E-state index in [4.69, 9.17) is 11.2 Å². The second kappa shape index (κ2) is 4.19. The summed E-state index contributed by atoms with van der Waals surface area (Å²) in [6.07, 6.45) is 6.47. The first kappa shape index (κ1) is 10.7. The summed E-state index contributed by atoms with van der Waals surface area (Å²) in [4.78, 5) is 0. The minimum atomic E-state index is -0.230. The van der Waals surface area contributed by atoms with Crippen molar-refractivity contribution in [2.45, 2.75) is 25.7 Å². The summed E-state index contributed by atoms with van der Waals surface area (Å²) in [5, 5.41) is 0. The first-order valence-electron chi connectivity index (χ1n) is 4.79. The van der Waals surface area contributed by atoms with E-state index in [0.717, 1.165) is 17.7 Å². The van der Waals surface area contributed by atoms with Crippen LogP contribution in [0.25, 0.3) is 0 Å². The second-order valence-corrected chi connectivity index (χ2v) is 3.53. The van der Waals surface area contributed by atoms with Crippen molar-refractivity contribution in [1.29, 1.82) is 0 Å². The van der Waals surface area contributed by atoms with Gasteiger partial charge in [0.05, 0.1) is 12.5 Å². The summed E-state index contributed by atoms with van der Waals surface area (Å²) in [5.74, 6) is 3.71. The number of ether oxygens (including phenoxy) is 1. The fourth-order valence-corrected chi connectivity index (χ4v) is 1.47. The molecular weight excluding hydrogens is 172 g/mol. The topological polar surface area (TPSA) is 9.23 Å². The third kappa shape index (κ3) is 1.75. The predicted molar refractivity (Wildman–Crippen MR) is 59.5 cm³/mol. The van der Waals surface area contributed by atoms with Crippen LogP contribution in [0.3, 0.4) is 0 Å². The van der Waals surface area contributed by atoms with Crippen molar-refractivity contribution < 1.29 is 4.74 Å². The van der Waals surface area contributed by atoms with Crippen LogP contribution in [0.1, 0.15) is 25.8 Å². The molecule has 1 nitrogen and oxygen atoms in total. The van der Waals surface area contributed by atoms with Crippen LogP contribution in [-0.4, -0.2) is 7.11 Å². The van der Waals surface area contributed by atoms with Gasteiger partial charge in [0.2, 0.25) is 0 Å². The molecule has 0 aromatic heterocycles. The summed E-state index contributed by atoms with van der Waals surface area (Å²) in [7, 11) is 1.67. The van der Waals surface area contributed by atoms with Gasteiger partial charge in [0.25, 0.3) is 0 Å². The van der Waals surface area contributed by atoms with E-state index in [2.05, 4.69) is 19.8 Å². The van der Waals surface area contributed by atoms with E-state index in [1.165, 1.54) is 0 Å². The molecule has 0 heterocycles.